The zero-order valence-corrected chi connectivity index (χ0v) is 15.8. The van der Waals surface area contributed by atoms with E-state index in [2.05, 4.69) is 15.5 Å². The molecule has 6 nitrogen and oxygen atoms in total. The fraction of sp³-hybridized carbons (Fsp3) is 0.318. The molecule has 2 aromatic rings. The molecular weight excluding hydrogens is 354 g/mol. The maximum absolute atomic E-state index is 13.1. The molecule has 2 saturated heterocycles. The van der Waals surface area contributed by atoms with Gasteiger partial charge in [0.05, 0.1) is 0 Å². The van der Waals surface area contributed by atoms with Crippen LogP contribution >= 0.6 is 0 Å². The Balaban J connectivity index is 1.45. The number of rotatable bonds is 4. The Morgan fingerprint density at radius 1 is 1.18 bits per heavy atom. The molecule has 0 aliphatic carbocycles. The van der Waals surface area contributed by atoms with Crippen molar-refractivity contribution in [3.05, 3.63) is 65.7 Å². The summed E-state index contributed by atoms with van der Waals surface area (Å²) in [6.07, 6.45) is 0.526. The van der Waals surface area contributed by atoms with Gasteiger partial charge in [0, 0.05) is 25.3 Å². The highest BCUT2D eigenvalue weighted by atomic mass is 16.2. The van der Waals surface area contributed by atoms with E-state index in [1.165, 1.54) is 0 Å². The summed E-state index contributed by atoms with van der Waals surface area (Å²) in [6, 6.07) is 17.3. The van der Waals surface area contributed by atoms with Crippen molar-refractivity contribution in [2.75, 3.05) is 18.4 Å². The van der Waals surface area contributed by atoms with Gasteiger partial charge in [0.25, 0.3) is 0 Å². The van der Waals surface area contributed by atoms with Crippen molar-refractivity contribution in [2.45, 2.75) is 25.4 Å². The number of carbonyl (C=O) groups is 3. The molecule has 2 heterocycles. The number of carbonyl (C=O) groups excluding carboxylic acids is 3. The number of hydrogen-bond acceptors (Lipinski definition) is 4. The summed E-state index contributed by atoms with van der Waals surface area (Å²) >= 11 is 0. The highest BCUT2D eigenvalue weighted by molar-refractivity contribution is 6.28. The van der Waals surface area contributed by atoms with Crippen LogP contribution in [0.25, 0.3) is 0 Å². The Hall–Kier alpha value is -2.99. The minimum absolute atomic E-state index is 0.321. The number of Topliss-reactive ketones (excluding diaryl/α,β-unsaturated/α-hetero) is 1. The van der Waals surface area contributed by atoms with Crippen LogP contribution < -0.4 is 10.6 Å². The van der Waals surface area contributed by atoms with Crippen LogP contribution in [0.1, 0.15) is 17.5 Å². The molecule has 2 aliphatic rings. The van der Waals surface area contributed by atoms with Crippen LogP contribution in [0.4, 0.5) is 5.69 Å². The number of likely N-dealkylation sites (tertiary alicyclic amines) is 1. The lowest BCUT2D eigenvalue weighted by Crippen LogP contribution is -2.49. The Labute approximate surface area is 163 Å². The van der Waals surface area contributed by atoms with Crippen molar-refractivity contribution in [1.29, 1.82) is 0 Å². The van der Waals surface area contributed by atoms with Crippen LogP contribution in [0.15, 0.2) is 54.6 Å². The molecule has 2 aliphatic heterocycles. The predicted molar refractivity (Wildman–Crippen MR) is 106 cm³/mol. The molecule has 0 saturated carbocycles. The van der Waals surface area contributed by atoms with Crippen LogP contribution in [-0.2, 0) is 20.9 Å². The molecule has 144 valence electrons. The molecule has 2 N–H and O–H groups in total. The molecule has 1 spiro atoms. The second-order valence-electron chi connectivity index (χ2n) is 7.67. The van der Waals surface area contributed by atoms with Crippen LogP contribution in [0.2, 0.25) is 0 Å². The first-order valence-corrected chi connectivity index (χ1v) is 9.47. The van der Waals surface area contributed by atoms with Crippen LogP contribution in [0.5, 0.6) is 0 Å². The standard InChI is InChI=1S/C22H23N3O3/c1-15-6-5-9-17(12-15)23-20(27)18-19(26)22(24-21(18)28)10-11-25(14-22)13-16-7-3-2-4-8-16/h2-9,12,18H,10-11,13-14H2,1H3,(H,23,27)(H,24,28). The van der Waals surface area contributed by atoms with Crippen LogP contribution in [0.3, 0.4) is 0 Å². The van der Waals surface area contributed by atoms with Gasteiger partial charge in [0.2, 0.25) is 11.8 Å². The second kappa shape index (κ2) is 7.20. The maximum atomic E-state index is 13.1. The first kappa shape index (κ1) is 18.4. The monoisotopic (exact) mass is 377 g/mol. The van der Waals surface area contributed by atoms with Gasteiger partial charge in [0.15, 0.2) is 11.7 Å². The zero-order valence-electron chi connectivity index (χ0n) is 15.8. The van der Waals surface area contributed by atoms with Crippen molar-refractivity contribution in [3.63, 3.8) is 0 Å². The van der Waals surface area contributed by atoms with Crippen molar-refractivity contribution in [2.24, 2.45) is 5.92 Å². The fourth-order valence-electron chi connectivity index (χ4n) is 4.11. The van der Waals surface area contributed by atoms with E-state index in [0.29, 0.717) is 31.7 Å². The first-order chi connectivity index (χ1) is 13.5. The maximum Gasteiger partial charge on any atom is 0.244 e. The molecule has 6 heteroatoms. The zero-order chi connectivity index (χ0) is 19.7. The van der Waals surface area contributed by atoms with E-state index in [0.717, 1.165) is 11.1 Å². The SMILES string of the molecule is Cc1cccc(NC(=O)C2C(=O)NC3(CCN(Cc4ccccc4)C3)C2=O)c1. The number of ketones is 1. The lowest BCUT2D eigenvalue weighted by molar-refractivity contribution is -0.135. The van der Waals surface area contributed by atoms with E-state index in [1.54, 1.807) is 6.07 Å². The van der Waals surface area contributed by atoms with Crippen molar-refractivity contribution < 1.29 is 14.4 Å². The van der Waals surface area contributed by atoms with Gasteiger partial charge >= 0.3 is 0 Å². The average Bonchev–Trinajstić information content (AvgIpc) is 3.16. The minimum Gasteiger partial charge on any atom is -0.341 e. The summed E-state index contributed by atoms with van der Waals surface area (Å²) in [7, 11) is 0. The molecule has 0 radical (unpaired) electrons. The van der Waals surface area contributed by atoms with Gasteiger partial charge in [-0.1, -0.05) is 42.5 Å². The molecular formula is C22H23N3O3. The molecule has 0 aromatic heterocycles. The number of nitrogens with zero attached hydrogens (tertiary/aromatic N) is 1. The van der Waals surface area contributed by atoms with Crippen molar-refractivity contribution in [1.82, 2.24) is 10.2 Å². The fourth-order valence-corrected chi connectivity index (χ4v) is 4.11. The molecule has 2 unspecified atom stereocenters. The number of benzene rings is 2. The third-order valence-corrected chi connectivity index (χ3v) is 5.50. The highest BCUT2D eigenvalue weighted by Gasteiger charge is 2.57. The number of anilines is 1. The molecule has 2 amide bonds. The summed E-state index contributed by atoms with van der Waals surface area (Å²) in [5, 5.41) is 5.54. The summed E-state index contributed by atoms with van der Waals surface area (Å²) in [6.45, 7) is 3.76. The lowest BCUT2D eigenvalue weighted by Gasteiger charge is -2.22. The van der Waals surface area contributed by atoms with Crippen molar-refractivity contribution in [3.8, 4) is 0 Å². The van der Waals surface area contributed by atoms with Gasteiger partial charge in [-0.05, 0) is 36.6 Å². The molecule has 4 rings (SSSR count). The Kier molecular flexibility index (Phi) is 4.73. The lowest BCUT2D eigenvalue weighted by atomic mass is 9.89. The smallest absolute Gasteiger partial charge is 0.244 e. The normalized spacial score (nSPS) is 24.5. The third-order valence-electron chi connectivity index (χ3n) is 5.50. The predicted octanol–water partition coefficient (Wildman–Crippen LogP) is 1.89. The van der Waals surface area contributed by atoms with Crippen molar-refractivity contribution >= 4 is 23.3 Å². The van der Waals surface area contributed by atoms with Gasteiger partial charge in [-0.15, -0.1) is 0 Å². The third kappa shape index (κ3) is 3.43. The summed E-state index contributed by atoms with van der Waals surface area (Å²) in [4.78, 5) is 40.4. The van der Waals surface area contributed by atoms with E-state index in [-0.39, 0.29) is 5.78 Å². The van der Waals surface area contributed by atoms with Gasteiger partial charge < -0.3 is 10.6 Å². The molecule has 0 bridgehead atoms. The topological polar surface area (TPSA) is 78.5 Å². The number of aryl methyl sites for hydroxylation is 1. The number of hydrogen-bond donors (Lipinski definition) is 2. The molecule has 2 aromatic carbocycles. The Morgan fingerprint density at radius 3 is 2.71 bits per heavy atom. The summed E-state index contributed by atoms with van der Waals surface area (Å²) < 4.78 is 0. The Morgan fingerprint density at radius 2 is 1.96 bits per heavy atom. The number of amides is 2. The Bertz CT molecular complexity index is 928. The van der Waals surface area contributed by atoms with Gasteiger partial charge in [0.1, 0.15) is 5.54 Å². The minimum atomic E-state index is -1.29. The van der Waals surface area contributed by atoms with E-state index in [1.807, 2.05) is 55.5 Å². The number of nitrogens with one attached hydrogen (secondary N) is 2. The van der Waals surface area contributed by atoms with E-state index < -0.39 is 23.3 Å². The largest absolute Gasteiger partial charge is 0.341 e. The second-order valence-corrected chi connectivity index (χ2v) is 7.67. The first-order valence-electron chi connectivity index (χ1n) is 9.47. The van der Waals surface area contributed by atoms with E-state index in [9.17, 15) is 14.4 Å². The van der Waals surface area contributed by atoms with E-state index >= 15 is 0 Å². The van der Waals surface area contributed by atoms with Gasteiger partial charge in [-0.25, -0.2) is 0 Å². The quantitative estimate of drug-likeness (QED) is 0.798. The highest BCUT2D eigenvalue weighted by Crippen LogP contribution is 2.32. The summed E-state index contributed by atoms with van der Waals surface area (Å²) in [5.74, 6) is -2.68. The molecule has 2 fully saturated rings. The molecule has 28 heavy (non-hydrogen) atoms. The molecule has 2 atom stereocenters. The summed E-state index contributed by atoms with van der Waals surface area (Å²) in [5.41, 5.74) is 1.78. The van der Waals surface area contributed by atoms with Gasteiger partial charge in [-0.2, -0.15) is 0 Å². The van der Waals surface area contributed by atoms with E-state index in [4.69, 9.17) is 0 Å². The average molecular weight is 377 g/mol. The van der Waals surface area contributed by atoms with Gasteiger partial charge in [-0.3, -0.25) is 19.3 Å². The van der Waals surface area contributed by atoms with Crippen LogP contribution in [-0.4, -0.2) is 41.1 Å². The van der Waals surface area contributed by atoms with Crippen LogP contribution in [0, 0.1) is 12.8 Å².